The normalized spacial score (nSPS) is 11.7. The van der Waals surface area contributed by atoms with Crippen LogP contribution >= 0.6 is 15.9 Å². The second-order valence-electron chi connectivity index (χ2n) is 5.80. The first-order valence-corrected chi connectivity index (χ1v) is 10.4. The lowest BCUT2D eigenvalue weighted by molar-refractivity contribution is 0.0691. The van der Waals surface area contributed by atoms with Crippen molar-refractivity contribution in [2.45, 2.75) is 24.7 Å². The van der Waals surface area contributed by atoms with Crippen LogP contribution in [0.15, 0.2) is 45.8 Å². The zero-order valence-corrected chi connectivity index (χ0v) is 16.9. The maximum absolute atomic E-state index is 14.1. The van der Waals surface area contributed by atoms with Crippen molar-refractivity contribution in [3.05, 3.63) is 63.6 Å². The predicted molar refractivity (Wildman–Crippen MR) is 100 cm³/mol. The minimum atomic E-state index is -4.30. The molecule has 27 heavy (non-hydrogen) atoms. The van der Waals surface area contributed by atoms with Crippen LogP contribution in [-0.4, -0.2) is 36.9 Å². The highest BCUT2D eigenvalue weighted by molar-refractivity contribution is 9.10. The number of hydrogen-bond acceptors (Lipinski definition) is 3. The van der Waals surface area contributed by atoms with E-state index in [4.69, 9.17) is 5.11 Å². The van der Waals surface area contributed by atoms with Crippen molar-refractivity contribution < 1.29 is 27.1 Å². The predicted octanol–water partition coefficient (Wildman–Crippen LogP) is 4.07. The molecule has 0 saturated heterocycles. The van der Waals surface area contributed by atoms with Gasteiger partial charge in [0.05, 0.1) is 5.56 Å². The molecule has 0 bridgehead atoms. The first kappa shape index (κ1) is 21.5. The average Bonchev–Trinajstić information content (AvgIpc) is 2.58. The van der Waals surface area contributed by atoms with Crippen molar-refractivity contribution >= 4 is 31.9 Å². The lowest BCUT2D eigenvalue weighted by Crippen LogP contribution is -2.33. The summed E-state index contributed by atoms with van der Waals surface area (Å²) < 4.78 is 55.0. The van der Waals surface area contributed by atoms with Gasteiger partial charge in [0.2, 0.25) is 10.0 Å². The van der Waals surface area contributed by atoms with Crippen molar-refractivity contribution in [2.75, 3.05) is 13.1 Å². The molecule has 2 aromatic carbocycles. The zero-order chi connectivity index (χ0) is 20.2. The van der Waals surface area contributed by atoms with E-state index in [1.165, 1.54) is 0 Å². The highest BCUT2D eigenvalue weighted by atomic mass is 79.9. The average molecular weight is 462 g/mol. The van der Waals surface area contributed by atoms with E-state index in [0.29, 0.717) is 18.9 Å². The Bertz CT molecular complexity index is 950. The molecule has 0 atom stereocenters. The Hall–Kier alpha value is -1.84. The fraction of sp³-hybridized carbons (Fsp3) is 0.278. The van der Waals surface area contributed by atoms with Gasteiger partial charge in [0, 0.05) is 23.6 Å². The highest BCUT2D eigenvalue weighted by Gasteiger charge is 2.29. The van der Waals surface area contributed by atoms with Gasteiger partial charge in [-0.05, 0) is 36.6 Å². The van der Waals surface area contributed by atoms with Crippen LogP contribution in [0.5, 0.6) is 0 Å². The topological polar surface area (TPSA) is 74.7 Å². The van der Waals surface area contributed by atoms with Crippen molar-refractivity contribution in [3.63, 3.8) is 0 Å². The SMILES string of the molecule is CCN(CCCc1cccc(Br)c1)S(=O)(=O)c1cc(C(=O)O)c(F)cc1F. The molecular weight excluding hydrogens is 444 g/mol. The Morgan fingerprint density at radius 2 is 1.89 bits per heavy atom. The fourth-order valence-corrected chi connectivity index (χ4v) is 4.64. The summed E-state index contributed by atoms with van der Waals surface area (Å²) in [5.41, 5.74) is 0.124. The molecule has 146 valence electrons. The standard InChI is InChI=1S/C18H18BrF2NO4S/c1-2-22(8-4-6-12-5-3-7-13(19)9-12)27(25,26)17-10-14(18(23)24)15(20)11-16(17)21/h3,5,7,9-11H,2,4,6,8H2,1H3,(H,23,24). The van der Waals surface area contributed by atoms with E-state index in [2.05, 4.69) is 15.9 Å². The summed E-state index contributed by atoms with van der Waals surface area (Å²) in [4.78, 5) is 10.2. The van der Waals surface area contributed by atoms with Gasteiger partial charge in [-0.3, -0.25) is 0 Å². The molecule has 0 aliphatic carbocycles. The molecule has 0 amide bonds. The van der Waals surface area contributed by atoms with Crippen molar-refractivity contribution in [1.29, 1.82) is 0 Å². The second-order valence-corrected chi connectivity index (χ2v) is 8.62. The molecule has 0 radical (unpaired) electrons. The van der Waals surface area contributed by atoms with E-state index in [0.717, 1.165) is 14.3 Å². The zero-order valence-electron chi connectivity index (χ0n) is 14.5. The van der Waals surface area contributed by atoms with Gasteiger partial charge in [0.25, 0.3) is 0 Å². The van der Waals surface area contributed by atoms with Gasteiger partial charge in [-0.15, -0.1) is 0 Å². The number of nitrogens with zero attached hydrogens (tertiary/aromatic N) is 1. The molecule has 1 N–H and O–H groups in total. The molecule has 0 aliphatic heterocycles. The number of hydrogen-bond donors (Lipinski definition) is 1. The fourth-order valence-electron chi connectivity index (χ4n) is 2.63. The molecule has 0 saturated carbocycles. The van der Waals surface area contributed by atoms with Crippen LogP contribution in [0.4, 0.5) is 8.78 Å². The van der Waals surface area contributed by atoms with Crippen LogP contribution < -0.4 is 0 Å². The van der Waals surface area contributed by atoms with E-state index in [9.17, 15) is 22.0 Å². The molecule has 2 rings (SSSR count). The number of rotatable bonds is 8. The minimum absolute atomic E-state index is 0.0695. The first-order valence-electron chi connectivity index (χ1n) is 8.13. The van der Waals surface area contributed by atoms with Gasteiger partial charge in [-0.2, -0.15) is 4.31 Å². The van der Waals surface area contributed by atoms with E-state index < -0.39 is 38.1 Å². The number of aromatic carboxylic acids is 1. The third-order valence-electron chi connectivity index (χ3n) is 3.98. The Labute approximate surface area is 164 Å². The third kappa shape index (κ3) is 5.12. The van der Waals surface area contributed by atoms with Crippen LogP contribution in [0.1, 0.15) is 29.3 Å². The van der Waals surface area contributed by atoms with Gasteiger partial charge < -0.3 is 5.11 Å². The number of aryl methyl sites for hydroxylation is 1. The Balaban J connectivity index is 2.22. The van der Waals surface area contributed by atoms with Crippen LogP contribution in [-0.2, 0) is 16.4 Å². The molecule has 2 aromatic rings. The molecule has 0 spiro atoms. The molecular formula is C18H18BrF2NO4S. The summed E-state index contributed by atoms with van der Waals surface area (Å²) in [6.07, 6.45) is 1.09. The van der Waals surface area contributed by atoms with E-state index in [-0.39, 0.29) is 19.2 Å². The van der Waals surface area contributed by atoms with E-state index in [1.54, 1.807) is 6.92 Å². The van der Waals surface area contributed by atoms with Crippen molar-refractivity contribution in [3.8, 4) is 0 Å². The number of carboxylic acid groups (broad SMARTS) is 1. The van der Waals surface area contributed by atoms with Gasteiger partial charge in [-0.25, -0.2) is 22.0 Å². The molecule has 0 heterocycles. The monoisotopic (exact) mass is 461 g/mol. The number of halogens is 3. The summed E-state index contributed by atoms with van der Waals surface area (Å²) in [7, 11) is -4.30. The van der Waals surface area contributed by atoms with Crippen LogP contribution in [0.2, 0.25) is 0 Å². The largest absolute Gasteiger partial charge is 0.478 e. The summed E-state index contributed by atoms with van der Waals surface area (Å²) in [5, 5.41) is 8.96. The lowest BCUT2D eigenvalue weighted by atomic mass is 10.1. The number of benzene rings is 2. The Morgan fingerprint density at radius 3 is 2.48 bits per heavy atom. The third-order valence-corrected chi connectivity index (χ3v) is 6.47. The van der Waals surface area contributed by atoms with Gasteiger partial charge in [-0.1, -0.05) is 35.0 Å². The summed E-state index contributed by atoms with van der Waals surface area (Å²) in [6, 6.07) is 8.39. The van der Waals surface area contributed by atoms with Crippen LogP contribution in [0.3, 0.4) is 0 Å². The molecule has 9 heteroatoms. The smallest absolute Gasteiger partial charge is 0.338 e. The molecule has 5 nitrogen and oxygen atoms in total. The summed E-state index contributed by atoms with van der Waals surface area (Å²) in [6.45, 7) is 1.78. The second kappa shape index (κ2) is 8.90. The summed E-state index contributed by atoms with van der Waals surface area (Å²) >= 11 is 3.36. The minimum Gasteiger partial charge on any atom is -0.478 e. The quantitative estimate of drug-likeness (QED) is 0.642. The molecule has 0 aliphatic rings. The summed E-state index contributed by atoms with van der Waals surface area (Å²) in [5.74, 6) is -4.30. The van der Waals surface area contributed by atoms with Crippen molar-refractivity contribution in [2.24, 2.45) is 0 Å². The van der Waals surface area contributed by atoms with Gasteiger partial charge in [0.1, 0.15) is 16.5 Å². The van der Waals surface area contributed by atoms with E-state index >= 15 is 0 Å². The molecule has 0 fully saturated rings. The van der Waals surface area contributed by atoms with E-state index in [1.807, 2.05) is 24.3 Å². The van der Waals surface area contributed by atoms with Crippen molar-refractivity contribution in [1.82, 2.24) is 4.31 Å². The maximum Gasteiger partial charge on any atom is 0.338 e. The first-order chi connectivity index (χ1) is 12.7. The molecule has 0 aromatic heterocycles. The highest BCUT2D eigenvalue weighted by Crippen LogP contribution is 2.23. The number of sulfonamides is 1. The van der Waals surface area contributed by atoms with Gasteiger partial charge in [0.15, 0.2) is 0 Å². The van der Waals surface area contributed by atoms with Gasteiger partial charge >= 0.3 is 5.97 Å². The Kier molecular flexibility index (Phi) is 7.07. The van der Waals surface area contributed by atoms with Crippen LogP contribution in [0.25, 0.3) is 0 Å². The lowest BCUT2D eigenvalue weighted by Gasteiger charge is -2.21. The molecule has 0 unspecified atom stereocenters. The number of carboxylic acids is 1. The maximum atomic E-state index is 14.1. The Morgan fingerprint density at radius 1 is 1.19 bits per heavy atom. The number of carbonyl (C=O) groups is 1. The van der Waals surface area contributed by atoms with Crippen LogP contribution in [0, 0.1) is 11.6 Å².